The molecule has 0 saturated carbocycles. The van der Waals surface area contributed by atoms with Crippen molar-refractivity contribution < 1.29 is 9.53 Å². The molecule has 1 fully saturated rings. The molecular weight excluding hydrogens is 316 g/mol. The second-order valence-corrected chi connectivity index (χ2v) is 6.72. The van der Waals surface area contributed by atoms with Crippen molar-refractivity contribution in [2.75, 3.05) is 18.0 Å². The Kier molecular flexibility index (Phi) is 5.36. The van der Waals surface area contributed by atoms with Crippen LogP contribution in [-0.4, -0.2) is 39.9 Å². The molecule has 3 heterocycles. The van der Waals surface area contributed by atoms with Crippen LogP contribution in [0.1, 0.15) is 55.5 Å². The van der Waals surface area contributed by atoms with Crippen molar-refractivity contribution in [1.82, 2.24) is 14.8 Å². The normalized spacial score (nSPS) is 15.6. The zero-order valence-corrected chi connectivity index (χ0v) is 15.2. The summed E-state index contributed by atoms with van der Waals surface area (Å²) >= 11 is 0. The molecule has 0 aliphatic carbocycles. The van der Waals surface area contributed by atoms with E-state index < -0.39 is 0 Å². The van der Waals surface area contributed by atoms with Crippen LogP contribution in [-0.2, 0) is 11.3 Å². The number of aryl methyl sites for hydroxylation is 1. The zero-order chi connectivity index (χ0) is 17.8. The Labute approximate surface area is 148 Å². The number of rotatable bonds is 5. The summed E-state index contributed by atoms with van der Waals surface area (Å²) in [5.41, 5.74) is 1.86. The summed E-state index contributed by atoms with van der Waals surface area (Å²) in [6.07, 6.45) is 7.79. The third-order valence-electron chi connectivity index (χ3n) is 4.59. The number of hydrogen-bond acceptors (Lipinski definition) is 5. The van der Waals surface area contributed by atoms with E-state index in [0.29, 0.717) is 11.5 Å². The molecule has 0 N–H and O–H groups in total. The highest BCUT2D eigenvalue weighted by molar-refractivity contribution is 5.94. The summed E-state index contributed by atoms with van der Waals surface area (Å²) in [4.78, 5) is 19.0. The maximum atomic E-state index is 12.3. The largest absolute Gasteiger partial charge is 0.459 e. The lowest BCUT2D eigenvalue weighted by Gasteiger charge is -2.33. The molecule has 0 amide bonds. The minimum Gasteiger partial charge on any atom is -0.459 e. The van der Waals surface area contributed by atoms with Gasteiger partial charge >= 0.3 is 5.97 Å². The molecule has 6 nitrogen and oxygen atoms in total. The fraction of sp³-hybridized carbons (Fsp3) is 0.526. The number of carbonyl (C=O) groups is 1. The minimum absolute atomic E-state index is 0.138. The van der Waals surface area contributed by atoms with Gasteiger partial charge in [0.05, 0.1) is 12.3 Å². The quantitative estimate of drug-likeness (QED) is 0.781. The molecule has 1 saturated heterocycles. The molecule has 0 radical (unpaired) electrons. The van der Waals surface area contributed by atoms with Gasteiger partial charge < -0.3 is 9.64 Å². The van der Waals surface area contributed by atoms with Crippen molar-refractivity contribution in [2.24, 2.45) is 0 Å². The summed E-state index contributed by atoms with van der Waals surface area (Å²) < 4.78 is 7.33. The van der Waals surface area contributed by atoms with Crippen molar-refractivity contribution in [3.8, 4) is 0 Å². The fourth-order valence-electron chi connectivity index (χ4n) is 3.27. The second kappa shape index (κ2) is 7.68. The van der Waals surface area contributed by atoms with Crippen molar-refractivity contribution >= 4 is 11.8 Å². The van der Waals surface area contributed by atoms with E-state index in [4.69, 9.17) is 4.74 Å². The van der Waals surface area contributed by atoms with Crippen LogP contribution in [0.2, 0.25) is 0 Å². The highest BCUT2D eigenvalue weighted by Gasteiger charge is 2.26. The maximum Gasteiger partial charge on any atom is 0.342 e. The number of aromatic nitrogens is 3. The molecule has 2 aromatic rings. The number of piperidine rings is 1. The number of hydrogen-bond donors (Lipinski definition) is 0. The van der Waals surface area contributed by atoms with Gasteiger partial charge in [-0.2, -0.15) is 5.10 Å². The molecule has 134 valence electrons. The fourth-order valence-corrected chi connectivity index (χ4v) is 3.27. The van der Waals surface area contributed by atoms with E-state index >= 15 is 0 Å². The van der Waals surface area contributed by atoms with Crippen LogP contribution >= 0.6 is 0 Å². The van der Waals surface area contributed by atoms with Crippen LogP contribution in [0.5, 0.6) is 0 Å². The molecule has 0 aromatic carbocycles. The summed E-state index contributed by atoms with van der Waals surface area (Å²) in [6, 6.07) is 3.58. The van der Waals surface area contributed by atoms with Gasteiger partial charge in [0.1, 0.15) is 11.4 Å². The number of esters is 1. The number of anilines is 1. The van der Waals surface area contributed by atoms with Gasteiger partial charge in [-0.1, -0.05) is 0 Å². The number of carbonyl (C=O) groups excluding carboxylic acids is 1. The van der Waals surface area contributed by atoms with Crippen LogP contribution in [0.15, 0.2) is 30.7 Å². The van der Waals surface area contributed by atoms with Gasteiger partial charge in [0, 0.05) is 32.0 Å². The Morgan fingerprint density at radius 3 is 2.76 bits per heavy atom. The molecule has 25 heavy (non-hydrogen) atoms. The van der Waals surface area contributed by atoms with E-state index in [2.05, 4.69) is 28.1 Å². The van der Waals surface area contributed by atoms with Crippen molar-refractivity contribution in [2.45, 2.75) is 52.2 Å². The topological polar surface area (TPSA) is 60.2 Å². The predicted molar refractivity (Wildman–Crippen MR) is 96.9 cm³/mol. The number of nitrogens with zero attached hydrogens (tertiary/aromatic N) is 4. The first kappa shape index (κ1) is 17.5. The van der Waals surface area contributed by atoms with Gasteiger partial charge in [-0.15, -0.1) is 0 Å². The lowest BCUT2D eigenvalue weighted by molar-refractivity contribution is 0.0378. The molecule has 0 spiro atoms. The van der Waals surface area contributed by atoms with Gasteiger partial charge in [-0.25, -0.2) is 9.78 Å². The monoisotopic (exact) mass is 342 g/mol. The first-order valence-electron chi connectivity index (χ1n) is 9.01. The first-order valence-corrected chi connectivity index (χ1v) is 9.01. The lowest BCUT2D eigenvalue weighted by Crippen LogP contribution is -2.34. The third-order valence-corrected chi connectivity index (χ3v) is 4.59. The molecule has 6 heteroatoms. The summed E-state index contributed by atoms with van der Waals surface area (Å²) in [5, 5.41) is 4.38. The Bertz CT molecular complexity index is 718. The first-order chi connectivity index (χ1) is 12.1. The van der Waals surface area contributed by atoms with Crippen LogP contribution in [0.4, 0.5) is 5.82 Å². The van der Waals surface area contributed by atoms with E-state index in [1.165, 1.54) is 5.56 Å². The Morgan fingerprint density at radius 1 is 1.36 bits per heavy atom. The molecule has 3 rings (SSSR count). The molecule has 1 aliphatic heterocycles. The molecular formula is C19H26N4O2. The smallest absolute Gasteiger partial charge is 0.342 e. The van der Waals surface area contributed by atoms with Crippen LogP contribution < -0.4 is 4.90 Å². The van der Waals surface area contributed by atoms with Crippen LogP contribution in [0.25, 0.3) is 0 Å². The van der Waals surface area contributed by atoms with E-state index in [1.807, 2.05) is 24.7 Å². The SMILES string of the molecule is CCn1cc(C2CCN(c3ncccc3C(=O)OC(C)C)CC2)cn1. The average molecular weight is 342 g/mol. The summed E-state index contributed by atoms with van der Waals surface area (Å²) in [6.45, 7) is 8.46. The highest BCUT2D eigenvalue weighted by atomic mass is 16.5. The third kappa shape index (κ3) is 4.00. The van der Waals surface area contributed by atoms with Gasteiger partial charge in [0.15, 0.2) is 0 Å². The van der Waals surface area contributed by atoms with Crippen LogP contribution in [0, 0.1) is 0 Å². The van der Waals surface area contributed by atoms with Crippen molar-refractivity contribution in [3.05, 3.63) is 41.9 Å². The number of pyridine rings is 1. The maximum absolute atomic E-state index is 12.3. The molecule has 0 bridgehead atoms. The van der Waals surface area contributed by atoms with Crippen LogP contribution in [0.3, 0.4) is 0 Å². The summed E-state index contributed by atoms with van der Waals surface area (Å²) in [7, 11) is 0. The van der Waals surface area contributed by atoms with Gasteiger partial charge in [-0.3, -0.25) is 4.68 Å². The molecule has 0 atom stereocenters. The second-order valence-electron chi connectivity index (χ2n) is 6.72. The molecule has 2 aromatic heterocycles. The highest BCUT2D eigenvalue weighted by Crippen LogP contribution is 2.31. The van der Waals surface area contributed by atoms with Gasteiger partial charge in [-0.05, 0) is 57.2 Å². The van der Waals surface area contributed by atoms with Gasteiger partial charge in [0.2, 0.25) is 0 Å². The Hall–Kier alpha value is -2.37. The number of ether oxygens (including phenoxy) is 1. The predicted octanol–water partition coefficient (Wildman–Crippen LogP) is 3.25. The Balaban J connectivity index is 1.69. The summed E-state index contributed by atoms with van der Waals surface area (Å²) in [5.74, 6) is 0.951. The van der Waals surface area contributed by atoms with E-state index in [-0.39, 0.29) is 12.1 Å². The zero-order valence-electron chi connectivity index (χ0n) is 15.2. The minimum atomic E-state index is -0.301. The lowest BCUT2D eigenvalue weighted by atomic mass is 9.91. The van der Waals surface area contributed by atoms with E-state index in [0.717, 1.165) is 38.3 Å². The van der Waals surface area contributed by atoms with E-state index in [9.17, 15) is 4.79 Å². The van der Waals surface area contributed by atoms with Crippen molar-refractivity contribution in [1.29, 1.82) is 0 Å². The van der Waals surface area contributed by atoms with E-state index in [1.54, 1.807) is 18.3 Å². The standard InChI is InChI=1S/C19H26N4O2/c1-4-23-13-16(12-21-23)15-7-10-22(11-8-15)18-17(6-5-9-20-18)19(24)25-14(2)3/h5-6,9,12-15H,4,7-8,10-11H2,1-3H3. The Morgan fingerprint density at radius 2 is 2.12 bits per heavy atom. The van der Waals surface area contributed by atoms with Gasteiger partial charge in [0.25, 0.3) is 0 Å². The van der Waals surface area contributed by atoms with Crippen molar-refractivity contribution in [3.63, 3.8) is 0 Å². The average Bonchev–Trinajstić information content (AvgIpc) is 3.10. The molecule has 0 unspecified atom stereocenters. The molecule has 1 aliphatic rings.